The van der Waals surface area contributed by atoms with Crippen LogP contribution in [0.4, 0.5) is 9.59 Å². The SMILES string of the molecule is CN(C)C(=O)N(C)OSN(C)C(N)=O. The molecule has 14 heavy (non-hydrogen) atoms. The number of nitrogens with two attached hydrogens (primary N) is 1. The van der Waals surface area contributed by atoms with Crippen LogP contribution in [0.15, 0.2) is 0 Å². The fraction of sp³-hybridized carbons (Fsp3) is 0.667. The molecule has 0 atom stereocenters. The second kappa shape index (κ2) is 5.55. The Morgan fingerprint density at radius 2 is 1.71 bits per heavy atom. The largest absolute Gasteiger partial charge is 0.351 e. The summed E-state index contributed by atoms with van der Waals surface area (Å²) in [6, 6.07) is -0.990. The number of nitrogens with zero attached hydrogens (tertiary/aromatic N) is 3. The molecule has 0 fully saturated rings. The van der Waals surface area contributed by atoms with Crippen LogP contribution in [0.2, 0.25) is 0 Å². The molecule has 82 valence electrons. The van der Waals surface area contributed by atoms with Gasteiger partial charge in [0.1, 0.15) is 12.2 Å². The Bertz CT molecular complexity index is 223. The lowest BCUT2D eigenvalue weighted by molar-refractivity contribution is 0.0181. The zero-order valence-electron chi connectivity index (χ0n) is 8.55. The molecule has 0 rings (SSSR count). The van der Waals surface area contributed by atoms with E-state index in [9.17, 15) is 9.59 Å². The van der Waals surface area contributed by atoms with Gasteiger partial charge in [-0.1, -0.05) is 0 Å². The summed E-state index contributed by atoms with van der Waals surface area (Å²) in [6.07, 6.45) is 0. The van der Waals surface area contributed by atoms with Crippen molar-refractivity contribution in [3.8, 4) is 0 Å². The lowest BCUT2D eigenvalue weighted by Gasteiger charge is -2.21. The van der Waals surface area contributed by atoms with E-state index in [4.69, 9.17) is 10.0 Å². The van der Waals surface area contributed by atoms with Crippen LogP contribution >= 0.6 is 12.2 Å². The molecule has 0 aliphatic rings. The Balaban J connectivity index is 3.90. The zero-order valence-corrected chi connectivity index (χ0v) is 9.37. The summed E-state index contributed by atoms with van der Waals surface area (Å²) in [7, 11) is 6.04. The average molecular weight is 222 g/mol. The van der Waals surface area contributed by atoms with Gasteiger partial charge in [0.05, 0.1) is 0 Å². The summed E-state index contributed by atoms with van der Waals surface area (Å²) >= 11 is 0.676. The van der Waals surface area contributed by atoms with Crippen molar-refractivity contribution in [1.82, 2.24) is 14.3 Å². The monoisotopic (exact) mass is 222 g/mol. The molecule has 0 aromatic heterocycles. The Hall–Kier alpha value is -1.15. The Kier molecular flexibility index (Phi) is 5.10. The van der Waals surface area contributed by atoms with Crippen molar-refractivity contribution in [3.63, 3.8) is 0 Å². The zero-order chi connectivity index (χ0) is 11.3. The van der Waals surface area contributed by atoms with E-state index in [1.165, 1.54) is 19.0 Å². The van der Waals surface area contributed by atoms with Crippen LogP contribution in [-0.2, 0) is 4.28 Å². The van der Waals surface area contributed by atoms with Crippen molar-refractivity contribution >= 4 is 24.3 Å². The van der Waals surface area contributed by atoms with E-state index >= 15 is 0 Å². The molecule has 0 aliphatic heterocycles. The predicted octanol–water partition coefficient (Wildman–Crippen LogP) is 0.105. The molecule has 0 unspecified atom stereocenters. The maximum Gasteiger partial charge on any atom is 0.344 e. The number of primary amides is 1. The van der Waals surface area contributed by atoms with E-state index in [-0.39, 0.29) is 6.03 Å². The summed E-state index contributed by atoms with van der Waals surface area (Å²) in [5.41, 5.74) is 4.93. The van der Waals surface area contributed by atoms with Crippen molar-refractivity contribution in [2.45, 2.75) is 0 Å². The van der Waals surface area contributed by atoms with E-state index in [2.05, 4.69) is 0 Å². The van der Waals surface area contributed by atoms with Gasteiger partial charge in [-0.15, -0.1) is 0 Å². The molecule has 4 amide bonds. The molecule has 0 radical (unpaired) electrons. The minimum absolute atomic E-state index is 0.338. The van der Waals surface area contributed by atoms with Crippen LogP contribution in [0.1, 0.15) is 0 Å². The normalized spacial score (nSPS) is 9.43. The van der Waals surface area contributed by atoms with Crippen molar-refractivity contribution < 1.29 is 13.9 Å². The van der Waals surface area contributed by atoms with Crippen LogP contribution in [0.5, 0.6) is 0 Å². The number of urea groups is 2. The number of carbonyl (C=O) groups is 2. The van der Waals surface area contributed by atoms with E-state index < -0.39 is 6.03 Å². The molecule has 0 saturated carbocycles. The summed E-state index contributed by atoms with van der Waals surface area (Å²) in [5.74, 6) is 0. The fourth-order valence-electron chi connectivity index (χ4n) is 0.450. The standard InChI is InChI=1S/C6H14N4O3S/c1-8(2)6(12)9(3)13-14-10(4)5(7)11/h1-4H3,(H2,7,11). The molecule has 0 aromatic carbocycles. The number of amides is 4. The third kappa shape index (κ3) is 4.19. The van der Waals surface area contributed by atoms with Crippen LogP contribution in [-0.4, -0.2) is 54.5 Å². The van der Waals surface area contributed by atoms with E-state index in [1.807, 2.05) is 0 Å². The third-order valence-electron chi connectivity index (χ3n) is 1.22. The van der Waals surface area contributed by atoms with Gasteiger partial charge in [0.2, 0.25) is 0 Å². The Morgan fingerprint density at radius 3 is 2.07 bits per heavy atom. The minimum Gasteiger partial charge on any atom is -0.351 e. The molecule has 0 aliphatic carbocycles. The number of carbonyl (C=O) groups excluding carboxylic acids is 2. The molecule has 0 bridgehead atoms. The highest BCUT2D eigenvalue weighted by Gasteiger charge is 2.14. The smallest absolute Gasteiger partial charge is 0.344 e. The van der Waals surface area contributed by atoms with Crippen molar-refractivity contribution in [2.75, 3.05) is 28.2 Å². The van der Waals surface area contributed by atoms with E-state index in [0.717, 1.165) is 9.37 Å². The first-order chi connectivity index (χ1) is 6.36. The van der Waals surface area contributed by atoms with Crippen LogP contribution < -0.4 is 5.73 Å². The molecule has 7 nitrogen and oxygen atoms in total. The minimum atomic E-state index is -0.652. The third-order valence-corrected chi connectivity index (χ3v) is 1.91. The summed E-state index contributed by atoms with van der Waals surface area (Å²) in [6.45, 7) is 0. The Morgan fingerprint density at radius 1 is 1.21 bits per heavy atom. The topological polar surface area (TPSA) is 79.1 Å². The molecule has 2 N–H and O–H groups in total. The first-order valence-electron chi connectivity index (χ1n) is 3.69. The van der Waals surface area contributed by atoms with Gasteiger partial charge in [0, 0.05) is 28.2 Å². The number of hydrogen-bond donors (Lipinski definition) is 1. The highest BCUT2D eigenvalue weighted by molar-refractivity contribution is 7.92. The van der Waals surface area contributed by atoms with Crippen LogP contribution in [0.3, 0.4) is 0 Å². The summed E-state index contributed by atoms with van der Waals surface area (Å²) in [4.78, 5) is 23.1. The molecular formula is C6H14N4O3S. The van der Waals surface area contributed by atoms with Gasteiger partial charge in [0.25, 0.3) is 0 Å². The molecule has 0 saturated heterocycles. The fourth-order valence-corrected chi connectivity index (χ4v) is 0.787. The highest BCUT2D eigenvalue weighted by Crippen LogP contribution is 2.10. The van der Waals surface area contributed by atoms with E-state index in [0.29, 0.717) is 12.2 Å². The van der Waals surface area contributed by atoms with Gasteiger partial charge < -0.3 is 10.6 Å². The van der Waals surface area contributed by atoms with Gasteiger partial charge in [-0.3, -0.25) is 0 Å². The van der Waals surface area contributed by atoms with Gasteiger partial charge in [-0.25, -0.2) is 13.9 Å². The lowest BCUT2D eigenvalue weighted by Crippen LogP contribution is -2.36. The second-order valence-corrected chi connectivity index (χ2v) is 3.51. The predicted molar refractivity (Wildman–Crippen MR) is 52.9 cm³/mol. The lowest BCUT2D eigenvalue weighted by atomic mass is 10.8. The van der Waals surface area contributed by atoms with E-state index in [1.54, 1.807) is 14.1 Å². The summed E-state index contributed by atoms with van der Waals surface area (Å²) < 4.78 is 5.93. The summed E-state index contributed by atoms with van der Waals surface area (Å²) in [5, 5.41) is 0.990. The highest BCUT2D eigenvalue weighted by atomic mass is 32.2. The number of rotatable bonds is 3. The van der Waals surface area contributed by atoms with Gasteiger partial charge >= 0.3 is 12.1 Å². The average Bonchev–Trinajstić information content (AvgIpc) is 2.11. The first-order valence-corrected chi connectivity index (χ1v) is 4.39. The molecule has 8 heteroatoms. The van der Waals surface area contributed by atoms with Gasteiger partial charge in [0.15, 0.2) is 0 Å². The maximum atomic E-state index is 11.2. The van der Waals surface area contributed by atoms with Crippen LogP contribution in [0, 0.1) is 0 Å². The van der Waals surface area contributed by atoms with Crippen LogP contribution in [0.25, 0.3) is 0 Å². The number of hydroxylamine groups is 2. The quantitative estimate of drug-likeness (QED) is 0.417. The van der Waals surface area contributed by atoms with Crippen molar-refractivity contribution in [3.05, 3.63) is 0 Å². The van der Waals surface area contributed by atoms with Crippen molar-refractivity contribution in [1.29, 1.82) is 0 Å². The second-order valence-electron chi connectivity index (χ2n) is 2.66. The number of hydrogen-bond acceptors (Lipinski definition) is 4. The maximum absolute atomic E-state index is 11.2. The van der Waals surface area contributed by atoms with Gasteiger partial charge in [-0.05, 0) is 0 Å². The first kappa shape index (κ1) is 12.8. The van der Waals surface area contributed by atoms with Gasteiger partial charge in [-0.2, -0.15) is 9.35 Å². The molecule has 0 heterocycles. The molecule has 0 spiro atoms. The van der Waals surface area contributed by atoms with Crippen molar-refractivity contribution in [2.24, 2.45) is 5.73 Å². The Labute approximate surface area is 87.0 Å². The molecular weight excluding hydrogens is 208 g/mol. The molecule has 0 aromatic rings.